The molecule has 15 heavy (non-hydrogen) atoms. The Morgan fingerprint density at radius 3 is 3.00 bits per heavy atom. The molecule has 0 aromatic carbocycles. The lowest BCUT2D eigenvalue weighted by Crippen LogP contribution is -2.24. The van der Waals surface area contributed by atoms with Crippen molar-refractivity contribution in [1.82, 2.24) is 9.97 Å². The van der Waals surface area contributed by atoms with Crippen molar-refractivity contribution in [3.05, 3.63) is 17.6 Å². The van der Waals surface area contributed by atoms with Crippen LogP contribution in [0.25, 0.3) is 0 Å². The van der Waals surface area contributed by atoms with Gasteiger partial charge in [-0.1, -0.05) is 0 Å². The van der Waals surface area contributed by atoms with E-state index in [1.165, 1.54) is 0 Å². The van der Waals surface area contributed by atoms with E-state index in [0.29, 0.717) is 31.5 Å². The zero-order chi connectivity index (χ0) is 10.7. The number of anilines is 1. The van der Waals surface area contributed by atoms with Crippen LogP contribution in [0.15, 0.2) is 6.07 Å². The van der Waals surface area contributed by atoms with Gasteiger partial charge in [0.2, 0.25) is 0 Å². The van der Waals surface area contributed by atoms with E-state index in [1.807, 2.05) is 6.92 Å². The Morgan fingerprint density at radius 1 is 1.47 bits per heavy atom. The number of ether oxygens (including phenoxy) is 2. The number of nitrogens with two attached hydrogens (primary N) is 1. The van der Waals surface area contributed by atoms with Crippen molar-refractivity contribution >= 4 is 5.82 Å². The maximum atomic E-state index is 5.50. The average molecular weight is 210 g/mol. The molecule has 0 aliphatic carbocycles. The molecule has 1 saturated heterocycles. The molecule has 0 spiro atoms. The van der Waals surface area contributed by atoms with Crippen LogP contribution in [0.4, 0.5) is 5.82 Å². The van der Waals surface area contributed by atoms with Crippen molar-refractivity contribution in [3.8, 4) is 0 Å². The summed E-state index contributed by atoms with van der Waals surface area (Å²) in [6.07, 6.45) is -0.189. The number of rotatable bonds is 2. The summed E-state index contributed by atoms with van der Waals surface area (Å²) >= 11 is 0. The van der Waals surface area contributed by atoms with Crippen LogP contribution in [0.2, 0.25) is 0 Å². The molecule has 0 amide bonds. The van der Waals surface area contributed by atoms with Gasteiger partial charge in [0.15, 0.2) is 5.82 Å². The highest BCUT2D eigenvalue weighted by Crippen LogP contribution is 2.18. The second kappa shape index (κ2) is 4.52. The molecule has 3 N–H and O–H groups in total. The van der Waals surface area contributed by atoms with E-state index in [1.54, 1.807) is 6.07 Å². The molecule has 6 nitrogen and oxygen atoms in total. The molecular formula is C9H14N4O2. The predicted molar refractivity (Wildman–Crippen MR) is 54.1 cm³/mol. The van der Waals surface area contributed by atoms with Crippen molar-refractivity contribution in [2.75, 3.05) is 25.2 Å². The van der Waals surface area contributed by atoms with E-state index < -0.39 is 0 Å². The van der Waals surface area contributed by atoms with Crippen molar-refractivity contribution in [1.29, 1.82) is 0 Å². The zero-order valence-corrected chi connectivity index (χ0v) is 8.56. The van der Waals surface area contributed by atoms with Gasteiger partial charge in [0.05, 0.1) is 19.8 Å². The fourth-order valence-electron chi connectivity index (χ4n) is 1.45. The van der Waals surface area contributed by atoms with E-state index >= 15 is 0 Å². The minimum atomic E-state index is -0.189. The van der Waals surface area contributed by atoms with E-state index in [-0.39, 0.29) is 6.10 Å². The average Bonchev–Trinajstić information content (AvgIpc) is 2.29. The number of nitrogens with one attached hydrogen (secondary N) is 1. The Hall–Kier alpha value is -1.24. The van der Waals surface area contributed by atoms with Gasteiger partial charge in [-0.05, 0) is 6.92 Å². The summed E-state index contributed by atoms with van der Waals surface area (Å²) in [5.41, 5.74) is 3.35. The van der Waals surface area contributed by atoms with Crippen LogP contribution in [0.3, 0.4) is 0 Å². The third-order valence-electron chi connectivity index (χ3n) is 2.12. The molecule has 1 aliphatic rings. The first-order valence-electron chi connectivity index (χ1n) is 4.81. The highest BCUT2D eigenvalue weighted by atomic mass is 16.6. The minimum absolute atomic E-state index is 0.189. The van der Waals surface area contributed by atoms with Crippen LogP contribution in [0.1, 0.15) is 17.6 Å². The van der Waals surface area contributed by atoms with E-state index in [4.69, 9.17) is 15.3 Å². The topological polar surface area (TPSA) is 82.3 Å². The fraction of sp³-hybridized carbons (Fsp3) is 0.556. The van der Waals surface area contributed by atoms with Gasteiger partial charge in [-0.25, -0.2) is 15.8 Å². The Balaban J connectivity index is 2.22. The van der Waals surface area contributed by atoms with Crippen LogP contribution in [0, 0.1) is 6.92 Å². The highest BCUT2D eigenvalue weighted by Gasteiger charge is 2.20. The highest BCUT2D eigenvalue weighted by molar-refractivity contribution is 5.34. The van der Waals surface area contributed by atoms with Crippen molar-refractivity contribution in [2.24, 2.45) is 5.84 Å². The first kappa shape index (κ1) is 10.3. The summed E-state index contributed by atoms with van der Waals surface area (Å²) in [4.78, 5) is 8.52. The van der Waals surface area contributed by atoms with Gasteiger partial charge in [-0.15, -0.1) is 0 Å². The van der Waals surface area contributed by atoms with Crippen LogP contribution in [0.5, 0.6) is 0 Å². The van der Waals surface area contributed by atoms with Crippen molar-refractivity contribution < 1.29 is 9.47 Å². The lowest BCUT2D eigenvalue weighted by molar-refractivity contribution is -0.0935. The predicted octanol–water partition coefficient (Wildman–Crippen LogP) is 0.159. The zero-order valence-electron chi connectivity index (χ0n) is 8.56. The van der Waals surface area contributed by atoms with Crippen molar-refractivity contribution in [2.45, 2.75) is 13.0 Å². The SMILES string of the molecule is Cc1cc(NN)nc(C2COCCO2)n1. The molecule has 0 radical (unpaired) electrons. The minimum Gasteiger partial charge on any atom is -0.376 e. The molecule has 1 atom stereocenters. The molecule has 82 valence electrons. The first-order chi connectivity index (χ1) is 7.29. The quantitative estimate of drug-likeness (QED) is 0.534. The molecule has 6 heteroatoms. The summed E-state index contributed by atoms with van der Waals surface area (Å²) in [5.74, 6) is 6.51. The lowest BCUT2D eigenvalue weighted by atomic mass is 10.3. The molecule has 2 rings (SSSR count). The molecule has 2 heterocycles. The van der Waals surface area contributed by atoms with Crippen LogP contribution in [-0.2, 0) is 9.47 Å². The molecule has 1 aromatic rings. The molecular weight excluding hydrogens is 196 g/mol. The van der Waals surface area contributed by atoms with Gasteiger partial charge in [0.25, 0.3) is 0 Å². The Morgan fingerprint density at radius 2 is 2.33 bits per heavy atom. The third-order valence-corrected chi connectivity index (χ3v) is 2.12. The Kier molecular flexibility index (Phi) is 3.10. The van der Waals surface area contributed by atoms with Crippen LogP contribution >= 0.6 is 0 Å². The Labute approximate surface area is 87.8 Å². The molecule has 1 aromatic heterocycles. The largest absolute Gasteiger partial charge is 0.376 e. The second-order valence-electron chi connectivity index (χ2n) is 3.33. The number of aryl methyl sites for hydroxylation is 1. The van der Waals surface area contributed by atoms with Gasteiger partial charge in [-0.2, -0.15) is 0 Å². The standard InChI is InChI=1S/C9H14N4O2/c1-6-4-8(13-10)12-9(11-6)7-5-14-2-3-15-7/h4,7H,2-3,5,10H2,1H3,(H,11,12,13). The number of hydrogen-bond acceptors (Lipinski definition) is 6. The summed E-state index contributed by atoms with van der Waals surface area (Å²) in [7, 11) is 0. The Bertz CT molecular complexity index is 339. The van der Waals surface area contributed by atoms with Gasteiger partial charge in [-0.3, -0.25) is 0 Å². The maximum absolute atomic E-state index is 5.50. The molecule has 0 saturated carbocycles. The summed E-state index contributed by atoms with van der Waals surface area (Å²) < 4.78 is 10.8. The van der Waals surface area contributed by atoms with Crippen LogP contribution < -0.4 is 11.3 Å². The van der Waals surface area contributed by atoms with Gasteiger partial charge in [0.1, 0.15) is 11.9 Å². The second-order valence-corrected chi connectivity index (χ2v) is 3.33. The van der Waals surface area contributed by atoms with Crippen LogP contribution in [-0.4, -0.2) is 29.8 Å². The van der Waals surface area contributed by atoms with Gasteiger partial charge >= 0.3 is 0 Å². The lowest BCUT2D eigenvalue weighted by Gasteiger charge is -2.22. The van der Waals surface area contributed by atoms with E-state index in [2.05, 4.69) is 15.4 Å². The molecule has 1 fully saturated rings. The van der Waals surface area contributed by atoms with Gasteiger partial charge in [0, 0.05) is 11.8 Å². The van der Waals surface area contributed by atoms with E-state index in [0.717, 1.165) is 5.69 Å². The molecule has 1 unspecified atom stereocenters. The number of nitrogens with zero attached hydrogens (tertiary/aromatic N) is 2. The van der Waals surface area contributed by atoms with E-state index in [9.17, 15) is 0 Å². The molecule has 0 bridgehead atoms. The summed E-state index contributed by atoms with van der Waals surface area (Å²) in [5, 5.41) is 0. The number of hydrazine groups is 1. The third kappa shape index (κ3) is 2.41. The summed E-state index contributed by atoms with van der Waals surface area (Å²) in [6, 6.07) is 1.77. The maximum Gasteiger partial charge on any atom is 0.162 e. The van der Waals surface area contributed by atoms with Gasteiger partial charge < -0.3 is 14.9 Å². The number of nitrogen functional groups attached to an aromatic ring is 1. The smallest absolute Gasteiger partial charge is 0.162 e. The molecule has 1 aliphatic heterocycles. The number of aromatic nitrogens is 2. The summed E-state index contributed by atoms with van der Waals surface area (Å²) in [6.45, 7) is 3.58. The normalized spacial score (nSPS) is 21.3. The first-order valence-corrected chi connectivity index (χ1v) is 4.81. The van der Waals surface area contributed by atoms with Crippen molar-refractivity contribution in [3.63, 3.8) is 0 Å². The monoisotopic (exact) mass is 210 g/mol. The number of hydrogen-bond donors (Lipinski definition) is 2. The fourth-order valence-corrected chi connectivity index (χ4v) is 1.45.